The average Bonchev–Trinajstić information content (AvgIpc) is 2.28. The quantitative estimate of drug-likeness (QED) is 0.841. The third-order valence-electron chi connectivity index (χ3n) is 3.29. The zero-order chi connectivity index (χ0) is 13.9. The van der Waals surface area contributed by atoms with Gasteiger partial charge in [-0.3, -0.25) is 4.79 Å². The van der Waals surface area contributed by atoms with Gasteiger partial charge in [0.2, 0.25) is 0 Å². The fourth-order valence-electron chi connectivity index (χ4n) is 1.83. The van der Waals surface area contributed by atoms with Gasteiger partial charge in [-0.15, -0.1) is 0 Å². The van der Waals surface area contributed by atoms with Gasteiger partial charge in [-0.05, 0) is 18.6 Å². The smallest absolute Gasteiger partial charge is 0.306 e. The van der Waals surface area contributed by atoms with E-state index in [-0.39, 0.29) is 12.0 Å². The van der Waals surface area contributed by atoms with Crippen molar-refractivity contribution in [3.8, 4) is 0 Å². The standard InChI is InChI=1S/C13H17F2NO2/c1-8(16)13(2,7-12(17)18-3)10-5-4-9(14)6-11(10)15/h4-6,8H,7,16H2,1-3H3. The second-order valence-electron chi connectivity index (χ2n) is 4.58. The minimum absolute atomic E-state index is 0.0658. The van der Waals surface area contributed by atoms with E-state index in [1.165, 1.54) is 13.2 Å². The van der Waals surface area contributed by atoms with Crippen LogP contribution in [0.4, 0.5) is 8.78 Å². The van der Waals surface area contributed by atoms with Crippen molar-refractivity contribution in [2.45, 2.75) is 31.7 Å². The third kappa shape index (κ3) is 2.85. The zero-order valence-corrected chi connectivity index (χ0v) is 10.7. The van der Waals surface area contributed by atoms with Crippen LogP contribution in [0.3, 0.4) is 0 Å². The number of carbonyl (C=O) groups is 1. The van der Waals surface area contributed by atoms with Gasteiger partial charge in [-0.1, -0.05) is 13.0 Å². The number of rotatable bonds is 4. The molecule has 2 N–H and O–H groups in total. The van der Waals surface area contributed by atoms with E-state index in [4.69, 9.17) is 5.73 Å². The maximum Gasteiger partial charge on any atom is 0.306 e. The Morgan fingerprint density at radius 3 is 2.56 bits per heavy atom. The molecule has 0 spiro atoms. The van der Waals surface area contributed by atoms with Crippen LogP contribution in [0, 0.1) is 11.6 Å². The predicted molar refractivity (Wildman–Crippen MR) is 64.0 cm³/mol. The first-order chi connectivity index (χ1) is 8.31. The van der Waals surface area contributed by atoms with E-state index in [0.29, 0.717) is 0 Å². The highest BCUT2D eigenvalue weighted by Crippen LogP contribution is 2.33. The van der Waals surface area contributed by atoms with Gasteiger partial charge in [-0.2, -0.15) is 0 Å². The molecule has 5 heteroatoms. The highest BCUT2D eigenvalue weighted by atomic mass is 19.1. The summed E-state index contributed by atoms with van der Waals surface area (Å²) in [6.07, 6.45) is -0.0658. The summed E-state index contributed by atoms with van der Waals surface area (Å²) in [4.78, 5) is 11.4. The van der Waals surface area contributed by atoms with Crippen LogP contribution >= 0.6 is 0 Å². The van der Waals surface area contributed by atoms with E-state index < -0.39 is 29.1 Å². The lowest BCUT2D eigenvalue weighted by molar-refractivity contribution is -0.142. The van der Waals surface area contributed by atoms with Gasteiger partial charge in [0.15, 0.2) is 0 Å². The number of esters is 1. The summed E-state index contributed by atoms with van der Waals surface area (Å²) in [5, 5.41) is 0. The van der Waals surface area contributed by atoms with Crippen molar-refractivity contribution in [3.63, 3.8) is 0 Å². The molecule has 3 nitrogen and oxygen atoms in total. The minimum Gasteiger partial charge on any atom is -0.469 e. The summed E-state index contributed by atoms with van der Waals surface area (Å²) in [7, 11) is 1.25. The molecule has 0 heterocycles. The number of hydrogen-bond donors (Lipinski definition) is 1. The zero-order valence-electron chi connectivity index (χ0n) is 10.7. The lowest BCUT2D eigenvalue weighted by Crippen LogP contribution is -2.43. The van der Waals surface area contributed by atoms with Crippen LogP contribution in [-0.4, -0.2) is 19.1 Å². The molecule has 0 fully saturated rings. The molecular formula is C13H17F2NO2. The molecule has 18 heavy (non-hydrogen) atoms. The van der Waals surface area contributed by atoms with Crippen molar-refractivity contribution in [1.29, 1.82) is 0 Å². The van der Waals surface area contributed by atoms with Crippen LogP contribution in [-0.2, 0) is 14.9 Å². The van der Waals surface area contributed by atoms with E-state index in [0.717, 1.165) is 12.1 Å². The Kier molecular flexibility index (Phi) is 4.40. The molecule has 1 aromatic carbocycles. The maximum absolute atomic E-state index is 13.8. The number of nitrogens with two attached hydrogens (primary N) is 1. The van der Waals surface area contributed by atoms with Crippen LogP contribution in [0.2, 0.25) is 0 Å². The Labute approximate surface area is 105 Å². The minimum atomic E-state index is -0.940. The topological polar surface area (TPSA) is 52.3 Å². The van der Waals surface area contributed by atoms with Crippen molar-refractivity contribution in [2.24, 2.45) is 5.73 Å². The second kappa shape index (κ2) is 5.44. The Hall–Kier alpha value is -1.49. The van der Waals surface area contributed by atoms with Gasteiger partial charge in [0.25, 0.3) is 0 Å². The Morgan fingerprint density at radius 2 is 2.11 bits per heavy atom. The first-order valence-electron chi connectivity index (χ1n) is 5.59. The van der Waals surface area contributed by atoms with E-state index in [9.17, 15) is 13.6 Å². The predicted octanol–water partition coefficient (Wildman–Crippen LogP) is 2.13. The van der Waals surface area contributed by atoms with Gasteiger partial charge in [-0.25, -0.2) is 8.78 Å². The molecule has 2 unspecified atom stereocenters. The number of ether oxygens (including phenoxy) is 1. The monoisotopic (exact) mass is 257 g/mol. The molecule has 0 aliphatic heterocycles. The highest BCUT2D eigenvalue weighted by Gasteiger charge is 2.36. The fourth-order valence-corrected chi connectivity index (χ4v) is 1.83. The van der Waals surface area contributed by atoms with Gasteiger partial charge in [0, 0.05) is 17.5 Å². The van der Waals surface area contributed by atoms with Gasteiger partial charge >= 0.3 is 5.97 Å². The van der Waals surface area contributed by atoms with Crippen molar-refractivity contribution < 1.29 is 18.3 Å². The molecule has 0 amide bonds. The number of halogens is 2. The largest absolute Gasteiger partial charge is 0.469 e. The number of carbonyl (C=O) groups excluding carboxylic acids is 1. The highest BCUT2D eigenvalue weighted by molar-refractivity contribution is 5.71. The summed E-state index contributed by atoms with van der Waals surface area (Å²) < 4.78 is 31.3. The first kappa shape index (κ1) is 14.6. The molecule has 1 rings (SSSR count). The van der Waals surface area contributed by atoms with Gasteiger partial charge in [0.1, 0.15) is 11.6 Å². The van der Waals surface area contributed by atoms with E-state index in [1.807, 2.05) is 0 Å². The van der Waals surface area contributed by atoms with Crippen molar-refractivity contribution in [1.82, 2.24) is 0 Å². The molecule has 0 saturated carbocycles. The third-order valence-corrected chi connectivity index (χ3v) is 3.29. The molecule has 2 atom stereocenters. The molecule has 0 aromatic heterocycles. The van der Waals surface area contributed by atoms with Crippen molar-refractivity contribution in [3.05, 3.63) is 35.4 Å². The number of benzene rings is 1. The molecule has 100 valence electrons. The molecule has 1 aromatic rings. The summed E-state index contributed by atoms with van der Waals surface area (Å²) in [6, 6.07) is 2.76. The van der Waals surface area contributed by atoms with Crippen molar-refractivity contribution in [2.75, 3.05) is 7.11 Å². The maximum atomic E-state index is 13.8. The number of hydrogen-bond acceptors (Lipinski definition) is 3. The summed E-state index contributed by atoms with van der Waals surface area (Å²) in [6.45, 7) is 3.33. The molecule has 0 saturated heterocycles. The van der Waals surface area contributed by atoms with Gasteiger partial charge < -0.3 is 10.5 Å². The molecule has 0 aliphatic rings. The van der Waals surface area contributed by atoms with Crippen LogP contribution in [0.5, 0.6) is 0 Å². The van der Waals surface area contributed by atoms with E-state index >= 15 is 0 Å². The molecule has 0 aliphatic carbocycles. The summed E-state index contributed by atoms with van der Waals surface area (Å²) in [5.74, 6) is -1.86. The van der Waals surface area contributed by atoms with Crippen LogP contribution in [0.25, 0.3) is 0 Å². The summed E-state index contributed by atoms with van der Waals surface area (Å²) in [5.41, 5.74) is 5.12. The lowest BCUT2D eigenvalue weighted by atomic mass is 9.74. The molecular weight excluding hydrogens is 240 g/mol. The summed E-state index contributed by atoms with van der Waals surface area (Å²) >= 11 is 0. The van der Waals surface area contributed by atoms with Crippen LogP contribution in [0.15, 0.2) is 18.2 Å². The van der Waals surface area contributed by atoms with Crippen LogP contribution in [0.1, 0.15) is 25.8 Å². The first-order valence-corrected chi connectivity index (χ1v) is 5.59. The van der Waals surface area contributed by atoms with E-state index in [1.54, 1.807) is 13.8 Å². The SMILES string of the molecule is COC(=O)CC(C)(c1ccc(F)cc1F)C(C)N. The number of methoxy groups -OCH3 is 1. The molecule has 0 radical (unpaired) electrons. The average molecular weight is 257 g/mol. The second-order valence-corrected chi connectivity index (χ2v) is 4.58. The normalized spacial score (nSPS) is 15.9. The Bertz CT molecular complexity index is 449. The Balaban J connectivity index is 3.22. The Morgan fingerprint density at radius 1 is 1.50 bits per heavy atom. The molecule has 0 bridgehead atoms. The fraction of sp³-hybridized carbons (Fsp3) is 0.462. The van der Waals surface area contributed by atoms with Crippen molar-refractivity contribution >= 4 is 5.97 Å². The lowest BCUT2D eigenvalue weighted by Gasteiger charge is -2.33. The van der Waals surface area contributed by atoms with Crippen LogP contribution < -0.4 is 5.73 Å². The van der Waals surface area contributed by atoms with Gasteiger partial charge in [0.05, 0.1) is 13.5 Å². The van der Waals surface area contributed by atoms with E-state index in [2.05, 4.69) is 4.74 Å².